The molecule has 0 saturated carbocycles. The zero-order chi connectivity index (χ0) is 17.8. The second-order valence-corrected chi connectivity index (χ2v) is 7.63. The second-order valence-electron chi connectivity index (χ2n) is 7.63. The van der Waals surface area contributed by atoms with Gasteiger partial charge in [0.25, 0.3) is 0 Å². The maximum absolute atomic E-state index is 12.7. The molecule has 0 spiro atoms. The van der Waals surface area contributed by atoms with E-state index in [9.17, 15) is 4.79 Å². The maximum Gasteiger partial charge on any atom is 0.244 e. The molecule has 5 heteroatoms. The number of hydrogen-bond acceptors (Lipinski definition) is 4. The van der Waals surface area contributed by atoms with Crippen molar-refractivity contribution in [2.75, 3.05) is 32.7 Å². The standard InChI is InChI=1S/C20H31N3O2/c1-15-12-22(13-16(2)25-15)14-17-8-10-23(11-9-17)20(24)19(21)18-6-4-3-5-7-18/h3-7,15-17,19H,8-14,21H2,1-2H3. The third-order valence-corrected chi connectivity index (χ3v) is 5.36. The highest BCUT2D eigenvalue weighted by molar-refractivity contribution is 5.83. The SMILES string of the molecule is CC1CN(CC2CCN(C(=O)C(N)c3ccccc3)CC2)CC(C)O1. The summed E-state index contributed by atoms with van der Waals surface area (Å²) in [4.78, 5) is 17.1. The number of carbonyl (C=O) groups is 1. The van der Waals surface area contributed by atoms with Gasteiger partial charge in [-0.1, -0.05) is 30.3 Å². The number of carbonyl (C=O) groups excluding carboxylic acids is 1. The quantitative estimate of drug-likeness (QED) is 0.907. The predicted molar refractivity (Wildman–Crippen MR) is 99.1 cm³/mol. The van der Waals surface area contributed by atoms with Crippen LogP contribution in [-0.2, 0) is 9.53 Å². The highest BCUT2D eigenvalue weighted by atomic mass is 16.5. The highest BCUT2D eigenvalue weighted by Crippen LogP contribution is 2.23. The molecule has 0 radical (unpaired) electrons. The van der Waals surface area contributed by atoms with E-state index in [1.165, 1.54) is 0 Å². The summed E-state index contributed by atoms with van der Waals surface area (Å²) in [5, 5.41) is 0. The number of piperidine rings is 1. The van der Waals surface area contributed by atoms with Crippen molar-refractivity contribution in [3.8, 4) is 0 Å². The number of nitrogens with two attached hydrogens (primary N) is 1. The highest BCUT2D eigenvalue weighted by Gasteiger charge is 2.29. The monoisotopic (exact) mass is 345 g/mol. The van der Waals surface area contributed by atoms with Gasteiger partial charge < -0.3 is 15.4 Å². The van der Waals surface area contributed by atoms with Crippen LogP contribution in [0.3, 0.4) is 0 Å². The molecule has 0 aromatic heterocycles. The number of benzene rings is 1. The summed E-state index contributed by atoms with van der Waals surface area (Å²) < 4.78 is 5.81. The van der Waals surface area contributed by atoms with Gasteiger partial charge in [-0.15, -0.1) is 0 Å². The van der Waals surface area contributed by atoms with E-state index < -0.39 is 6.04 Å². The summed E-state index contributed by atoms with van der Waals surface area (Å²) in [5.41, 5.74) is 7.06. The molecule has 2 aliphatic rings. The predicted octanol–water partition coefficient (Wildman–Crippen LogP) is 2.03. The van der Waals surface area contributed by atoms with Crippen LogP contribution in [0.25, 0.3) is 0 Å². The van der Waals surface area contributed by atoms with Gasteiger partial charge in [-0.3, -0.25) is 9.69 Å². The van der Waals surface area contributed by atoms with Gasteiger partial charge >= 0.3 is 0 Å². The number of ether oxygens (including phenoxy) is 1. The number of morpholine rings is 1. The van der Waals surface area contributed by atoms with Gasteiger partial charge in [0.1, 0.15) is 6.04 Å². The minimum absolute atomic E-state index is 0.0540. The Bertz CT molecular complexity index is 547. The van der Waals surface area contributed by atoms with Crippen LogP contribution in [0.1, 0.15) is 38.3 Å². The minimum Gasteiger partial charge on any atom is -0.373 e. The molecule has 1 aromatic carbocycles. The largest absolute Gasteiger partial charge is 0.373 e. The fourth-order valence-electron chi connectivity index (χ4n) is 4.13. The van der Waals surface area contributed by atoms with Crippen molar-refractivity contribution in [3.63, 3.8) is 0 Å². The van der Waals surface area contributed by atoms with Gasteiger partial charge in [0.05, 0.1) is 12.2 Å². The Morgan fingerprint density at radius 1 is 1.16 bits per heavy atom. The number of hydrogen-bond donors (Lipinski definition) is 1. The molecule has 138 valence electrons. The normalized spacial score (nSPS) is 27.2. The Morgan fingerprint density at radius 2 is 1.76 bits per heavy atom. The average Bonchev–Trinajstić information content (AvgIpc) is 2.61. The molecule has 0 bridgehead atoms. The van der Waals surface area contributed by atoms with Crippen LogP contribution < -0.4 is 5.73 Å². The van der Waals surface area contributed by atoms with Crippen LogP contribution in [0.5, 0.6) is 0 Å². The Labute approximate surface area is 151 Å². The van der Waals surface area contributed by atoms with Crippen LogP contribution in [0.2, 0.25) is 0 Å². The molecule has 2 fully saturated rings. The number of rotatable bonds is 4. The summed E-state index contributed by atoms with van der Waals surface area (Å²) >= 11 is 0. The van der Waals surface area contributed by atoms with Crippen molar-refractivity contribution in [2.24, 2.45) is 11.7 Å². The van der Waals surface area contributed by atoms with Crippen LogP contribution in [0.4, 0.5) is 0 Å². The first-order chi connectivity index (χ1) is 12.0. The van der Waals surface area contributed by atoms with Crippen molar-refractivity contribution in [1.29, 1.82) is 0 Å². The smallest absolute Gasteiger partial charge is 0.244 e. The Morgan fingerprint density at radius 3 is 2.36 bits per heavy atom. The van der Waals surface area contributed by atoms with Crippen molar-refractivity contribution < 1.29 is 9.53 Å². The van der Waals surface area contributed by atoms with E-state index in [4.69, 9.17) is 10.5 Å². The Kier molecular flexibility index (Phi) is 6.10. The lowest BCUT2D eigenvalue weighted by Crippen LogP contribution is -2.49. The van der Waals surface area contributed by atoms with Gasteiger partial charge in [0.15, 0.2) is 0 Å². The summed E-state index contributed by atoms with van der Waals surface area (Å²) in [7, 11) is 0. The zero-order valence-electron chi connectivity index (χ0n) is 15.4. The Balaban J connectivity index is 1.47. The molecule has 3 atom stereocenters. The third kappa shape index (κ3) is 4.81. The molecule has 2 N–H and O–H groups in total. The van der Waals surface area contributed by atoms with E-state index in [2.05, 4.69) is 18.7 Å². The van der Waals surface area contributed by atoms with Gasteiger partial charge in [0, 0.05) is 32.7 Å². The van der Waals surface area contributed by atoms with Gasteiger partial charge in [0.2, 0.25) is 5.91 Å². The first-order valence-electron chi connectivity index (χ1n) is 9.50. The van der Waals surface area contributed by atoms with Crippen LogP contribution in [0, 0.1) is 5.92 Å². The number of nitrogens with zero attached hydrogens (tertiary/aromatic N) is 2. The van der Waals surface area contributed by atoms with Crippen molar-refractivity contribution in [1.82, 2.24) is 9.80 Å². The summed E-state index contributed by atoms with van der Waals surface area (Å²) in [6, 6.07) is 9.11. The first kappa shape index (κ1) is 18.4. The molecule has 1 aromatic rings. The van der Waals surface area contributed by atoms with Gasteiger partial charge in [-0.05, 0) is 38.2 Å². The van der Waals surface area contributed by atoms with Crippen LogP contribution in [0.15, 0.2) is 30.3 Å². The lowest BCUT2D eigenvalue weighted by atomic mass is 9.94. The molecule has 0 aliphatic carbocycles. The molecule has 2 aliphatic heterocycles. The fraction of sp³-hybridized carbons (Fsp3) is 0.650. The first-order valence-corrected chi connectivity index (χ1v) is 9.50. The molecule has 3 rings (SSSR count). The summed E-state index contributed by atoms with van der Waals surface area (Å²) in [6.07, 6.45) is 2.75. The lowest BCUT2D eigenvalue weighted by molar-refractivity contribution is -0.134. The van der Waals surface area contributed by atoms with E-state index in [-0.39, 0.29) is 5.91 Å². The van der Waals surface area contributed by atoms with Gasteiger partial charge in [-0.25, -0.2) is 0 Å². The molecular weight excluding hydrogens is 314 g/mol. The molecule has 25 heavy (non-hydrogen) atoms. The molecule has 5 nitrogen and oxygen atoms in total. The maximum atomic E-state index is 12.7. The molecule has 1 amide bonds. The third-order valence-electron chi connectivity index (χ3n) is 5.36. The van der Waals surface area contributed by atoms with Crippen molar-refractivity contribution in [2.45, 2.75) is 44.9 Å². The van der Waals surface area contributed by atoms with Crippen LogP contribution >= 0.6 is 0 Å². The lowest BCUT2D eigenvalue weighted by Gasteiger charge is -2.39. The van der Waals surface area contributed by atoms with E-state index >= 15 is 0 Å². The fourth-order valence-corrected chi connectivity index (χ4v) is 4.13. The molecule has 2 heterocycles. The van der Waals surface area contributed by atoms with E-state index in [0.717, 1.165) is 51.1 Å². The number of amides is 1. The minimum atomic E-state index is -0.543. The van der Waals surface area contributed by atoms with Crippen molar-refractivity contribution >= 4 is 5.91 Å². The Hall–Kier alpha value is -1.43. The molecule has 3 unspecified atom stereocenters. The van der Waals surface area contributed by atoms with E-state index in [0.29, 0.717) is 18.1 Å². The molecular formula is C20H31N3O2. The summed E-state index contributed by atoms with van der Waals surface area (Å²) in [5.74, 6) is 0.716. The van der Waals surface area contributed by atoms with E-state index in [1.54, 1.807) is 0 Å². The van der Waals surface area contributed by atoms with Crippen LogP contribution in [-0.4, -0.2) is 60.6 Å². The molecule has 2 saturated heterocycles. The zero-order valence-corrected chi connectivity index (χ0v) is 15.4. The average molecular weight is 345 g/mol. The van der Waals surface area contributed by atoms with E-state index in [1.807, 2.05) is 35.2 Å². The second kappa shape index (κ2) is 8.30. The van der Waals surface area contributed by atoms with Gasteiger partial charge in [-0.2, -0.15) is 0 Å². The summed E-state index contributed by atoms with van der Waals surface area (Å²) in [6.45, 7) is 9.08. The topological polar surface area (TPSA) is 58.8 Å². The van der Waals surface area contributed by atoms with Crippen molar-refractivity contribution in [3.05, 3.63) is 35.9 Å². The number of likely N-dealkylation sites (tertiary alicyclic amines) is 1.